The minimum absolute atomic E-state index is 0.0351. The number of aromatic nitrogens is 1. The lowest BCUT2D eigenvalue weighted by molar-refractivity contribution is -0.137. The van der Waals surface area contributed by atoms with Crippen LogP contribution in [0.5, 0.6) is 0 Å². The predicted molar refractivity (Wildman–Crippen MR) is 67.0 cm³/mol. The van der Waals surface area contributed by atoms with Gasteiger partial charge in [0.25, 0.3) is 0 Å². The first kappa shape index (κ1) is 14.2. The van der Waals surface area contributed by atoms with Gasteiger partial charge in [-0.3, -0.25) is 14.6 Å². The van der Waals surface area contributed by atoms with Gasteiger partial charge in [0.15, 0.2) is 0 Å². The number of rotatable bonds is 7. The highest BCUT2D eigenvalue weighted by atomic mass is 16.4. The Morgan fingerprint density at radius 2 is 2.28 bits per heavy atom. The maximum absolute atomic E-state index is 11.7. The summed E-state index contributed by atoms with van der Waals surface area (Å²) in [6.45, 7) is 1.96. The van der Waals surface area contributed by atoms with Crippen LogP contribution in [-0.2, 0) is 16.0 Å². The highest BCUT2D eigenvalue weighted by Gasteiger charge is 2.15. The van der Waals surface area contributed by atoms with Crippen LogP contribution in [0.3, 0.4) is 0 Å². The summed E-state index contributed by atoms with van der Waals surface area (Å²) in [7, 11) is 0. The standard InChI is InChI=1S/C13H18N2O3/c1-2-4-11(8-13(17)18)15-12(16)7-10-5-3-6-14-9-10/h3,5-6,9,11H,2,4,7-8H2,1H3,(H,15,16)(H,17,18). The van der Waals surface area contributed by atoms with Crippen molar-refractivity contribution in [2.24, 2.45) is 0 Å². The molecule has 5 nitrogen and oxygen atoms in total. The van der Waals surface area contributed by atoms with Crippen LogP contribution in [0.25, 0.3) is 0 Å². The Bertz CT molecular complexity index is 392. The van der Waals surface area contributed by atoms with Crippen LogP contribution in [-0.4, -0.2) is 28.0 Å². The molecule has 1 rings (SSSR count). The Kier molecular flexibility index (Phi) is 5.84. The molecule has 0 bridgehead atoms. The maximum Gasteiger partial charge on any atom is 0.305 e. The zero-order chi connectivity index (χ0) is 13.4. The van der Waals surface area contributed by atoms with E-state index in [9.17, 15) is 9.59 Å². The molecule has 0 saturated heterocycles. The van der Waals surface area contributed by atoms with Gasteiger partial charge in [0, 0.05) is 18.4 Å². The number of nitrogens with one attached hydrogen (secondary N) is 1. The van der Waals surface area contributed by atoms with Crippen molar-refractivity contribution >= 4 is 11.9 Å². The summed E-state index contributed by atoms with van der Waals surface area (Å²) in [5, 5.41) is 11.5. The second-order valence-corrected chi connectivity index (χ2v) is 4.19. The van der Waals surface area contributed by atoms with Crippen molar-refractivity contribution in [2.75, 3.05) is 0 Å². The Balaban J connectivity index is 2.48. The largest absolute Gasteiger partial charge is 0.481 e. The van der Waals surface area contributed by atoms with Crippen molar-refractivity contribution in [3.8, 4) is 0 Å². The number of carboxylic acids is 1. The predicted octanol–water partition coefficient (Wildman–Crippen LogP) is 1.38. The molecule has 98 valence electrons. The Labute approximate surface area is 106 Å². The molecule has 0 fully saturated rings. The third kappa shape index (κ3) is 5.43. The van der Waals surface area contributed by atoms with E-state index in [1.54, 1.807) is 18.5 Å². The number of hydrogen-bond acceptors (Lipinski definition) is 3. The van der Waals surface area contributed by atoms with Gasteiger partial charge in [-0.25, -0.2) is 0 Å². The summed E-state index contributed by atoms with van der Waals surface area (Å²) < 4.78 is 0. The smallest absolute Gasteiger partial charge is 0.305 e. The molecule has 0 aliphatic rings. The van der Waals surface area contributed by atoms with E-state index in [4.69, 9.17) is 5.11 Å². The summed E-state index contributed by atoms with van der Waals surface area (Å²) in [6, 6.07) is 3.29. The molecule has 0 aromatic carbocycles. The fourth-order valence-corrected chi connectivity index (χ4v) is 1.75. The van der Waals surface area contributed by atoms with Gasteiger partial charge in [0.2, 0.25) is 5.91 Å². The van der Waals surface area contributed by atoms with Crippen molar-refractivity contribution in [2.45, 2.75) is 38.6 Å². The SMILES string of the molecule is CCCC(CC(=O)O)NC(=O)Cc1cccnc1. The van der Waals surface area contributed by atoms with Gasteiger partial charge in [-0.05, 0) is 18.1 Å². The quantitative estimate of drug-likeness (QED) is 0.766. The molecule has 0 radical (unpaired) electrons. The minimum atomic E-state index is -0.893. The fraction of sp³-hybridized carbons (Fsp3) is 0.462. The molecule has 1 aromatic heterocycles. The summed E-state index contributed by atoms with van der Waals surface area (Å²) in [5.41, 5.74) is 0.820. The van der Waals surface area contributed by atoms with E-state index in [-0.39, 0.29) is 24.8 Å². The molecule has 0 spiro atoms. The second-order valence-electron chi connectivity index (χ2n) is 4.19. The molecular formula is C13H18N2O3. The number of carbonyl (C=O) groups excluding carboxylic acids is 1. The average molecular weight is 250 g/mol. The molecule has 1 heterocycles. The van der Waals surface area contributed by atoms with Crippen molar-refractivity contribution < 1.29 is 14.7 Å². The minimum Gasteiger partial charge on any atom is -0.481 e. The van der Waals surface area contributed by atoms with Crippen LogP contribution in [0.15, 0.2) is 24.5 Å². The molecule has 0 aliphatic carbocycles. The van der Waals surface area contributed by atoms with Gasteiger partial charge in [0.05, 0.1) is 12.8 Å². The Morgan fingerprint density at radius 1 is 1.50 bits per heavy atom. The molecule has 0 aliphatic heterocycles. The molecule has 1 atom stereocenters. The van der Waals surface area contributed by atoms with E-state index >= 15 is 0 Å². The van der Waals surface area contributed by atoms with Crippen LogP contribution < -0.4 is 5.32 Å². The van der Waals surface area contributed by atoms with E-state index in [1.807, 2.05) is 13.0 Å². The average Bonchev–Trinajstić information content (AvgIpc) is 2.29. The Morgan fingerprint density at radius 3 is 2.83 bits per heavy atom. The van der Waals surface area contributed by atoms with Crippen molar-refractivity contribution in [3.05, 3.63) is 30.1 Å². The normalized spacial score (nSPS) is 11.8. The van der Waals surface area contributed by atoms with Crippen LogP contribution in [0.1, 0.15) is 31.7 Å². The lowest BCUT2D eigenvalue weighted by Gasteiger charge is -2.15. The topological polar surface area (TPSA) is 79.3 Å². The van der Waals surface area contributed by atoms with E-state index in [0.29, 0.717) is 6.42 Å². The summed E-state index contributed by atoms with van der Waals surface area (Å²) in [5.74, 6) is -1.06. The van der Waals surface area contributed by atoms with Gasteiger partial charge in [0.1, 0.15) is 0 Å². The summed E-state index contributed by atoms with van der Waals surface area (Å²) in [4.78, 5) is 26.3. The zero-order valence-electron chi connectivity index (χ0n) is 10.4. The molecule has 18 heavy (non-hydrogen) atoms. The van der Waals surface area contributed by atoms with E-state index in [1.165, 1.54) is 0 Å². The highest BCUT2D eigenvalue weighted by Crippen LogP contribution is 2.03. The zero-order valence-corrected chi connectivity index (χ0v) is 10.4. The van der Waals surface area contributed by atoms with Gasteiger partial charge >= 0.3 is 5.97 Å². The van der Waals surface area contributed by atoms with Crippen molar-refractivity contribution in [1.82, 2.24) is 10.3 Å². The lowest BCUT2D eigenvalue weighted by Crippen LogP contribution is -2.37. The molecule has 5 heteroatoms. The number of aliphatic carboxylic acids is 1. The van der Waals surface area contributed by atoms with Crippen LogP contribution in [0, 0.1) is 0 Å². The van der Waals surface area contributed by atoms with Crippen LogP contribution >= 0.6 is 0 Å². The molecule has 2 N–H and O–H groups in total. The number of carbonyl (C=O) groups is 2. The van der Waals surface area contributed by atoms with E-state index in [2.05, 4.69) is 10.3 Å². The molecule has 0 saturated carbocycles. The fourth-order valence-electron chi connectivity index (χ4n) is 1.75. The molecule has 1 aromatic rings. The number of hydrogen-bond donors (Lipinski definition) is 2. The molecular weight excluding hydrogens is 232 g/mol. The van der Waals surface area contributed by atoms with E-state index < -0.39 is 5.97 Å². The number of pyridine rings is 1. The first-order valence-corrected chi connectivity index (χ1v) is 6.02. The number of carboxylic acid groups (broad SMARTS) is 1. The highest BCUT2D eigenvalue weighted by molar-refractivity contribution is 5.79. The summed E-state index contributed by atoms with van der Waals surface area (Å²) in [6.07, 6.45) is 4.98. The maximum atomic E-state index is 11.7. The summed E-state index contributed by atoms with van der Waals surface area (Å²) >= 11 is 0. The third-order valence-corrected chi connectivity index (χ3v) is 2.51. The van der Waals surface area contributed by atoms with Crippen molar-refractivity contribution in [1.29, 1.82) is 0 Å². The number of nitrogens with zero attached hydrogens (tertiary/aromatic N) is 1. The first-order chi connectivity index (χ1) is 8.61. The third-order valence-electron chi connectivity index (χ3n) is 2.51. The van der Waals surface area contributed by atoms with Crippen LogP contribution in [0.4, 0.5) is 0 Å². The molecule has 1 unspecified atom stereocenters. The van der Waals surface area contributed by atoms with Gasteiger partial charge < -0.3 is 10.4 Å². The van der Waals surface area contributed by atoms with Crippen molar-refractivity contribution in [3.63, 3.8) is 0 Å². The monoisotopic (exact) mass is 250 g/mol. The van der Waals surface area contributed by atoms with Gasteiger partial charge in [-0.2, -0.15) is 0 Å². The Hall–Kier alpha value is -1.91. The number of amides is 1. The van der Waals surface area contributed by atoms with Crippen LogP contribution in [0.2, 0.25) is 0 Å². The van der Waals surface area contributed by atoms with Gasteiger partial charge in [-0.15, -0.1) is 0 Å². The lowest BCUT2D eigenvalue weighted by atomic mass is 10.1. The molecule has 1 amide bonds. The van der Waals surface area contributed by atoms with E-state index in [0.717, 1.165) is 12.0 Å². The van der Waals surface area contributed by atoms with Gasteiger partial charge in [-0.1, -0.05) is 19.4 Å². The first-order valence-electron chi connectivity index (χ1n) is 6.02. The second kappa shape index (κ2) is 7.42.